The maximum Gasteiger partial charge on any atom is 0.243 e. The van der Waals surface area contributed by atoms with Crippen molar-refractivity contribution in [3.63, 3.8) is 0 Å². The summed E-state index contributed by atoms with van der Waals surface area (Å²) in [5, 5.41) is 8.71. The molecule has 0 heterocycles. The van der Waals surface area contributed by atoms with Gasteiger partial charge in [0.15, 0.2) is 0 Å². The van der Waals surface area contributed by atoms with Crippen LogP contribution in [0.25, 0.3) is 0 Å². The van der Waals surface area contributed by atoms with Gasteiger partial charge in [0.25, 0.3) is 0 Å². The Bertz CT molecular complexity index is 445. The number of carbonyl (C=O) groups is 1. The highest BCUT2D eigenvalue weighted by atomic mass is 16.2. The van der Waals surface area contributed by atoms with Crippen LogP contribution in [-0.2, 0) is 4.79 Å². The van der Waals surface area contributed by atoms with Crippen LogP contribution >= 0.6 is 0 Å². The molecule has 0 fully saturated rings. The summed E-state index contributed by atoms with van der Waals surface area (Å²) in [4.78, 5) is 13.6. The monoisotopic (exact) mass is 245 g/mol. The van der Waals surface area contributed by atoms with Crippen LogP contribution in [0.4, 0.5) is 5.69 Å². The average Bonchev–Trinajstić information content (AvgIpc) is 2.36. The molecular formula is C14H19N3O. The van der Waals surface area contributed by atoms with Gasteiger partial charge in [0.2, 0.25) is 5.91 Å². The standard InChI is InChI=1S/C14H19N3O/c1-10(2)8-13(16)14(18)17(3)12-6-4-11(9-15)5-7-12/h4-7,10,13H,8,16H2,1-3H3. The Morgan fingerprint density at radius 3 is 2.39 bits per heavy atom. The zero-order valence-corrected chi connectivity index (χ0v) is 11.1. The fourth-order valence-electron chi connectivity index (χ4n) is 1.74. The van der Waals surface area contributed by atoms with Gasteiger partial charge in [-0.3, -0.25) is 4.79 Å². The van der Waals surface area contributed by atoms with Crippen molar-refractivity contribution in [1.29, 1.82) is 5.26 Å². The highest BCUT2D eigenvalue weighted by Gasteiger charge is 2.19. The molecule has 18 heavy (non-hydrogen) atoms. The van der Waals surface area contributed by atoms with Crippen molar-refractivity contribution >= 4 is 11.6 Å². The molecule has 0 saturated carbocycles. The zero-order chi connectivity index (χ0) is 13.7. The van der Waals surface area contributed by atoms with E-state index in [0.717, 1.165) is 5.69 Å². The molecule has 1 unspecified atom stereocenters. The average molecular weight is 245 g/mol. The lowest BCUT2D eigenvalue weighted by Crippen LogP contribution is -2.42. The summed E-state index contributed by atoms with van der Waals surface area (Å²) in [7, 11) is 1.70. The van der Waals surface area contributed by atoms with Gasteiger partial charge < -0.3 is 10.6 Å². The molecule has 2 N–H and O–H groups in total. The van der Waals surface area contributed by atoms with Crippen LogP contribution in [0.15, 0.2) is 24.3 Å². The molecule has 0 aromatic heterocycles. The molecule has 0 aliphatic rings. The third kappa shape index (κ3) is 3.57. The predicted molar refractivity (Wildman–Crippen MR) is 72.0 cm³/mol. The maximum atomic E-state index is 12.1. The Balaban J connectivity index is 2.76. The Kier molecular flexibility index (Phi) is 4.87. The SMILES string of the molecule is CC(C)CC(N)C(=O)N(C)c1ccc(C#N)cc1. The highest BCUT2D eigenvalue weighted by molar-refractivity contribution is 5.96. The van der Waals surface area contributed by atoms with Crippen LogP contribution in [0, 0.1) is 17.2 Å². The minimum absolute atomic E-state index is 0.103. The van der Waals surface area contributed by atoms with E-state index in [9.17, 15) is 4.79 Å². The van der Waals surface area contributed by atoms with E-state index in [2.05, 4.69) is 0 Å². The van der Waals surface area contributed by atoms with Crippen LogP contribution < -0.4 is 10.6 Å². The fourth-order valence-corrected chi connectivity index (χ4v) is 1.74. The van der Waals surface area contributed by atoms with Crippen LogP contribution in [0.5, 0.6) is 0 Å². The van der Waals surface area contributed by atoms with Crippen molar-refractivity contribution in [2.45, 2.75) is 26.3 Å². The Morgan fingerprint density at radius 1 is 1.39 bits per heavy atom. The summed E-state index contributed by atoms with van der Waals surface area (Å²) in [6, 6.07) is 8.43. The molecule has 1 rings (SSSR count). The number of nitrogens with zero attached hydrogens (tertiary/aromatic N) is 2. The molecule has 96 valence electrons. The van der Waals surface area contributed by atoms with E-state index in [-0.39, 0.29) is 5.91 Å². The number of nitrogens with two attached hydrogens (primary N) is 1. The smallest absolute Gasteiger partial charge is 0.243 e. The quantitative estimate of drug-likeness (QED) is 0.880. The Hall–Kier alpha value is -1.86. The molecule has 1 amide bonds. The molecule has 0 aliphatic carbocycles. The molecule has 0 saturated heterocycles. The van der Waals surface area contributed by atoms with Gasteiger partial charge in [-0.15, -0.1) is 0 Å². The normalized spacial score (nSPS) is 12.0. The fraction of sp³-hybridized carbons (Fsp3) is 0.429. The molecule has 0 spiro atoms. The van der Waals surface area contributed by atoms with Gasteiger partial charge >= 0.3 is 0 Å². The Morgan fingerprint density at radius 2 is 1.94 bits per heavy atom. The number of hydrogen-bond donors (Lipinski definition) is 1. The summed E-state index contributed by atoms with van der Waals surface area (Å²) in [6.45, 7) is 4.07. The van der Waals surface area contributed by atoms with E-state index in [1.807, 2.05) is 19.9 Å². The third-order valence-electron chi connectivity index (χ3n) is 2.76. The number of benzene rings is 1. The molecule has 1 atom stereocenters. The first-order chi connectivity index (χ1) is 8.45. The Labute approximate surface area is 108 Å². The number of carbonyl (C=O) groups excluding carboxylic acids is 1. The number of likely N-dealkylation sites (N-methyl/N-ethyl adjacent to an activating group) is 1. The third-order valence-corrected chi connectivity index (χ3v) is 2.76. The van der Waals surface area contributed by atoms with Gasteiger partial charge in [-0.05, 0) is 36.6 Å². The molecule has 0 bridgehead atoms. The van der Waals surface area contributed by atoms with Crippen molar-refractivity contribution < 1.29 is 4.79 Å². The van der Waals surface area contributed by atoms with E-state index < -0.39 is 6.04 Å². The number of nitriles is 1. The largest absolute Gasteiger partial charge is 0.320 e. The second kappa shape index (κ2) is 6.18. The highest BCUT2D eigenvalue weighted by Crippen LogP contribution is 2.15. The minimum Gasteiger partial charge on any atom is -0.320 e. The lowest BCUT2D eigenvalue weighted by atomic mass is 10.0. The van der Waals surface area contributed by atoms with E-state index in [0.29, 0.717) is 17.9 Å². The van der Waals surface area contributed by atoms with E-state index in [1.165, 1.54) is 4.90 Å². The van der Waals surface area contributed by atoms with Gasteiger partial charge in [0.05, 0.1) is 17.7 Å². The van der Waals surface area contributed by atoms with Crippen molar-refractivity contribution in [3.8, 4) is 6.07 Å². The summed E-state index contributed by atoms with van der Waals surface area (Å²) < 4.78 is 0. The number of amides is 1. The summed E-state index contributed by atoms with van der Waals surface area (Å²) in [5.74, 6) is 0.284. The van der Waals surface area contributed by atoms with E-state index in [1.54, 1.807) is 31.3 Å². The van der Waals surface area contributed by atoms with Crippen molar-refractivity contribution in [2.75, 3.05) is 11.9 Å². The molecule has 4 nitrogen and oxygen atoms in total. The summed E-state index contributed by atoms with van der Waals surface area (Å²) >= 11 is 0. The molecule has 0 aliphatic heterocycles. The van der Waals surface area contributed by atoms with Crippen molar-refractivity contribution in [3.05, 3.63) is 29.8 Å². The maximum absolute atomic E-state index is 12.1. The van der Waals surface area contributed by atoms with Crippen LogP contribution in [0.2, 0.25) is 0 Å². The lowest BCUT2D eigenvalue weighted by Gasteiger charge is -2.22. The number of rotatable bonds is 4. The topological polar surface area (TPSA) is 70.1 Å². The van der Waals surface area contributed by atoms with Crippen LogP contribution in [-0.4, -0.2) is 19.0 Å². The van der Waals surface area contributed by atoms with Gasteiger partial charge in [-0.2, -0.15) is 5.26 Å². The minimum atomic E-state index is -0.481. The van der Waals surface area contributed by atoms with Gasteiger partial charge in [0, 0.05) is 12.7 Å². The van der Waals surface area contributed by atoms with Crippen molar-refractivity contribution in [1.82, 2.24) is 0 Å². The van der Waals surface area contributed by atoms with Crippen LogP contribution in [0.1, 0.15) is 25.8 Å². The van der Waals surface area contributed by atoms with Crippen molar-refractivity contribution in [2.24, 2.45) is 11.7 Å². The lowest BCUT2D eigenvalue weighted by molar-refractivity contribution is -0.119. The molecule has 1 aromatic carbocycles. The second-order valence-corrected chi connectivity index (χ2v) is 4.79. The predicted octanol–water partition coefficient (Wildman–Crippen LogP) is 1.89. The molecule has 4 heteroatoms. The molecule has 0 radical (unpaired) electrons. The first-order valence-corrected chi connectivity index (χ1v) is 5.99. The summed E-state index contributed by atoms with van der Waals surface area (Å²) in [6.07, 6.45) is 0.666. The van der Waals surface area contributed by atoms with Gasteiger partial charge in [0.1, 0.15) is 0 Å². The zero-order valence-electron chi connectivity index (χ0n) is 11.1. The van der Waals surface area contributed by atoms with E-state index in [4.69, 9.17) is 11.0 Å². The summed E-state index contributed by atoms with van der Waals surface area (Å²) in [5.41, 5.74) is 7.19. The first-order valence-electron chi connectivity index (χ1n) is 5.99. The van der Waals surface area contributed by atoms with Crippen LogP contribution in [0.3, 0.4) is 0 Å². The number of hydrogen-bond acceptors (Lipinski definition) is 3. The van der Waals surface area contributed by atoms with Gasteiger partial charge in [-0.25, -0.2) is 0 Å². The van der Waals surface area contributed by atoms with Gasteiger partial charge in [-0.1, -0.05) is 13.8 Å². The second-order valence-electron chi connectivity index (χ2n) is 4.79. The molecular weight excluding hydrogens is 226 g/mol. The van der Waals surface area contributed by atoms with E-state index >= 15 is 0 Å². The number of anilines is 1. The molecule has 1 aromatic rings. The first kappa shape index (κ1) is 14.2.